The van der Waals surface area contributed by atoms with Gasteiger partial charge in [0.05, 0.1) is 0 Å². The molecule has 0 saturated heterocycles. The van der Waals surface area contributed by atoms with E-state index in [0.717, 1.165) is 18.8 Å². The van der Waals surface area contributed by atoms with Crippen molar-refractivity contribution in [2.24, 2.45) is 0 Å². The number of hydrogen-bond donors (Lipinski definition) is 2. The van der Waals surface area contributed by atoms with Gasteiger partial charge in [-0.25, -0.2) is 4.98 Å². The SMILES string of the molecule is CC(C)(C)c1ccc(NCCCO)nc1. The monoisotopic (exact) mass is 208 g/mol. The highest BCUT2D eigenvalue weighted by atomic mass is 16.3. The normalized spacial score (nSPS) is 11.5. The van der Waals surface area contributed by atoms with Gasteiger partial charge >= 0.3 is 0 Å². The lowest BCUT2D eigenvalue weighted by Gasteiger charge is -2.18. The van der Waals surface area contributed by atoms with Crippen molar-refractivity contribution in [3.8, 4) is 0 Å². The molecule has 0 aliphatic carbocycles. The van der Waals surface area contributed by atoms with Gasteiger partial charge in [0.25, 0.3) is 0 Å². The summed E-state index contributed by atoms with van der Waals surface area (Å²) in [6, 6.07) is 4.08. The van der Waals surface area contributed by atoms with Gasteiger partial charge in [-0.2, -0.15) is 0 Å². The Labute approximate surface area is 91.5 Å². The third kappa shape index (κ3) is 3.88. The van der Waals surface area contributed by atoms with E-state index in [1.165, 1.54) is 5.56 Å². The van der Waals surface area contributed by atoms with E-state index in [2.05, 4.69) is 37.1 Å². The predicted octanol–water partition coefficient (Wildman–Crippen LogP) is 2.17. The molecule has 0 spiro atoms. The van der Waals surface area contributed by atoms with E-state index < -0.39 is 0 Å². The zero-order chi connectivity index (χ0) is 11.3. The van der Waals surface area contributed by atoms with Crippen LogP contribution in [0, 0.1) is 0 Å². The lowest BCUT2D eigenvalue weighted by molar-refractivity contribution is 0.292. The Morgan fingerprint density at radius 3 is 2.53 bits per heavy atom. The topological polar surface area (TPSA) is 45.1 Å². The van der Waals surface area contributed by atoms with Crippen LogP contribution in [0.4, 0.5) is 5.82 Å². The van der Waals surface area contributed by atoms with Gasteiger partial charge in [-0.3, -0.25) is 0 Å². The molecule has 0 aromatic carbocycles. The quantitative estimate of drug-likeness (QED) is 0.745. The lowest BCUT2D eigenvalue weighted by Crippen LogP contribution is -2.12. The van der Waals surface area contributed by atoms with Gasteiger partial charge in [0, 0.05) is 19.3 Å². The number of aliphatic hydroxyl groups is 1. The van der Waals surface area contributed by atoms with Crippen LogP contribution in [-0.4, -0.2) is 23.2 Å². The predicted molar refractivity (Wildman–Crippen MR) is 63.1 cm³/mol. The molecule has 3 heteroatoms. The average Bonchev–Trinajstić information content (AvgIpc) is 2.18. The van der Waals surface area contributed by atoms with Crippen LogP contribution in [-0.2, 0) is 5.41 Å². The summed E-state index contributed by atoms with van der Waals surface area (Å²) in [6.45, 7) is 7.49. The fraction of sp³-hybridized carbons (Fsp3) is 0.583. The lowest BCUT2D eigenvalue weighted by atomic mass is 9.88. The Bertz CT molecular complexity index is 287. The molecule has 0 fully saturated rings. The largest absolute Gasteiger partial charge is 0.396 e. The van der Waals surface area contributed by atoms with E-state index in [1.54, 1.807) is 0 Å². The van der Waals surface area contributed by atoms with E-state index >= 15 is 0 Å². The number of aliphatic hydroxyl groups excluding tert-OH is 1. The standard InChI is InChI=1S/C12H20N2O/c1-12(2,3)10-5-6-11(14-9-10)13-7-4-8-15/h5-6,9,15H,4,7-8H2,1-3H3,(H,13,14). The summed E-state index contributed by atoms with van der Waals surface area (Å²) in [6.07, 6.45) is 2.66. The second kappa shape index (κ2) is 5.12. The fourth-order valence-electron chi connectivity index (χ4n) is 1.24. The Hall–Kier alpha value is -1.09. The summed E-state index contributed by atoms with van der Waals surface area (Å²) in [5, 5.41) is 11.8. The molecule has 2 N–H and O–H groups in total. The minimum absolute atomic E-state index is 0.149. The Morgan fingerprint density at radius 1 is 1.33 bits per heavy atom. The van der Waals surface area contributed by atoms with Crippen molar-refractivity contribution < 1.29 is 5.11 Å². The molecule has 0 atom stereocenters. The van der Waals surface area contributed by atoms with E-state index in [0.29, 0.717) is 0 Å². The fourth-order valence-corrected chi connectivity index (χ4v) is 1.24. The molecular weight excluding hydrogens is 188 g/mol. The van der Waals surface area contributed by atoms with Crippen molar-refractivity contribution in [1.82, 2.24) is 4.98 Å². The van der Waals surface area contributed by atoms with E-state index in [4.69, 9.17) is 5.11 Å². The highest BCUT2D eigenvalue weighted by Crippen LogP contribution is 2.21. The molecule has 0 aliphatic rings. The maximum absolute atomic E-state index is 8.63. The van der Waals surface area contributed by atoms with Gasteiger partial charge in [-0.15, -0.1) is 0 Å². The summed E-state index contributed by atoms with van der Waals surface area (Å²) >= 11 is 0. The maximum Gasteiger partial charge on any atom is 0.125 e. The number of nitrogens with one attached hydrogen (secondary N) is 1. The molecule has 1 aromatic rings. The molecule has 1 rings (SSSR count). The van der Waals surface area contributed by atoms with Gasteiger partial charge in [0.1, 0.15) is 5.82 Å². The molecular formula is C12H20N2O. The minimum atomic E-state index is 0.149. The third-order valence-electron chi connectivity index (χ3n) is 2.27. The zero-order valence-corrected chi connectivity index (χ0v) is 9.75. The Kier molecular flexibility index (Phi) is 4.09. The van der Waals surface area contributed by atoms with E-state index in [-0.39, 0.29) is 12.0 Å². The smallest absolute Gasteiger partial charge is 0.125 e. The molecule has 84 valence electrons. The zero-order valence-electron chi connectivity index (χ0n) is 9.75. The van der Waals surface area contributed by atoms with Crippen LogP contribution in [0.2, 0.25) is 0 Å². The number of anilines is 1. The summed E-state index contributed by atoms with van der Waals surface area (Å²) in [5.41, 5.74) is 1.38. The van der Waals surface area contributed by atoms with Crippen molar-refractivity contribution in [3.05, 3.63) is 23.9 Å². The van der Waals surface area contributed by atoms with Crippen molar-refractivity contribution in [1.29, 1.82) is 0 Å². The van der Waals surface area contributed by atoms with Crippen molar-refractivity contribution in [3.63, 3.8) is 0 Å². The highest BCUT2D eigenvalue weighted by molar-refractivity contribution is 5.36. The molecule has 1 heterocycles. The summed E-state index contributed by atoms with van der Waals surface area (Å²) in [5.74, 6) is 0.872. The van der Waals surface area contributed by atoms with Crippen molar-refractivity contribution in [2.75, 3.05) is 18.5 Å². The first kappa shape index (κ1) is 12.0. The van der Waals surface area contributed by atoms with Crippen LogP contribution in [0.25, 0.3) is 0 Å². The van der Waals surface area contributed by atoms with Gasteiger partial charge in [-0.05, 0) is 23.5 Å². The number of hydrogen-bond acceptors (Lipinski definition) is 3. The van der Waals surface area contributed by atoms with Gasteiger partial charge in [0.15, 0.2) is 0 Å². The van der Waals surface area contributed by atoms with Gasteiger partial charge < -0.3 is 10.4 Å². The second-order valence-corrected chi connectivity index (χ2v) is 4.69. The molecule has 0 amide bonds. The van der Waals surface area contributed by atoms with Crippen molar-refractivity contribution >= 4 is 5.82 Å². The molecule has 15 heavy (non-hydrogen) atoms. The van der Waals surface area contributed by atoms with Crippen LogP contribution in [0.5, 0.6) is 0 Å². The van der Waals surface area contributed by atoms with Crippen LogP contribution in [0.15, 0.2) is 18.3 Å². The number of nitrogens with zero attached hydrogens (tertiary/aromatic N) is 1. The minimum Gasteiger partial charge on any atom is -0.396 e. The first-order valence-corrected chi connectivity index (χ1v) is 5.35. The molecule has 0 aliphatic heterocycles. The Morgan fingerprint density at radius 2 is 2.07 bits per heavy atom. The maximum atomic E-state index is 8.63. The highest BCUT2D eigenvalue weighted by Gasteiger charge is 2.13. The molecule has 0 saturated carbocycles. The van der Waals surface area contributed by atoms with Crippen LogP contribution in [0.3, 0.4) is 0 Å². The van der Waals surface area contributed by atoms with Gasteiger partial charge in [0.2, 0.25) is 0 Å². The first-order valence-electron chi connectivity index (χ1n) is 5.35. The number of pyridine rings is 1. The number of rotatable bonds is 4. The molecule has 0 bridgehead atoms. The van der Waals surface area contributed by atoms with Crippen molar-refractivity contribution in [2.45, 2.75) is 32.6 Å². The molecule has 3 nitrogen and oxygen atoms in total. The Balaban J connectivity index is 2.57. The average molecular weight is 208 g/mol. The first-order chi connectivity index (χ1) is 7.04. The summed E-state index contributed by atoms with van der Waals surface area (Å²) in [4.78, 5) is 4.32. The number of aromatic nitrogens is 1. The third-order valence-corrected chi connectivity index (χ3v) is 2.27. The van der Waals surface area contributed by atoms with E-state index in [9.17, 15) is 0 Å². The van der Waals surface area contributed by atoms with Crippen LogP contribution in [0.1, 0.15) is 32.8 Å². The summed E-state index contributed by atoms with van der Waals surface area (Å²) in [7, 11) is 0. The molecule has 0 unspecified atom stereocenters. The van der Waals surface area contributed by atoms with E-state index in [1.807, 2.05) is 12.3 Å². The van der Waals surface area contributed by atoms with Crippen LogP contribution >= 0.6 is 0 Å². The molecule has 1 aromatic heterocycles. The summed E-state index contributed by atoms with van der Waals surface area (Å²) < 4.78 is 0. The molecule has 0 radical (unpaired) electrons. The van der Waals surface area contributed by atoms with Crippen LogP contribution < -0.4 is 5.32 Å². The van der Waals surface area contributed by atoms with Gasteiger partial charge in [-0.1, -0.05) is 26.8 Å². The second-order valence-electron chi connectivity index (χ2n) is 4.69.